The lowest BCUT2D eigenvalue weighted by Crippen LogP contribution is -2.42. The van der Waals surface area contributed by atoms with Crippen LogP contribution in [-0.2, 0) is 11.3 Å². The van der Waals surface area contributed by atoms with E-state index in [1.54, 1.807) is 21.3 Å². The zero-order chi connectivity index (χ0) is 19.6. The maximum Gasteiger partial charge on any atom is 0.224 e. The van der Waals surface area contributed by atoms with E-state index < -0.39 is 0 Å². The first-order valence-electron chi connectivity index (χ1n) is 9.50. The fraction of sp³-hybridized carbons (Fsp3) is 0.600. The predicted octanol–water partition coefficient (Wildman–Crippen LogP) is 2.64. The van der Waals surface area contributed by atoms with Gasteiger partial charge in [-0.3, -0.25) is 9.79 Å². The number of amides is 1. The molecule has 158 valence electrons. The van der Waals surface area contributed by atoms with Crippen molar-refractivity contribution in [3.05, 3.63) is 23.8 Å². The molecule has 1 fully saturated rings. The van der Waals surface area contributed by atoms with Crippen molar-refractivity contribution >= 4 is 35.8 Å². The smallest absolute Gasteiger partial charge is 0.224 e. The Morgan fingerprint density at radius 2 is 2.07 bits per heavy atom. The molecule has 28 heavy (non-hydrogen) atoms. The van der Waals surface area contributed by atoms with Crippen LogP contribution in [0, 0.1) is 5.92 Å². The van der Waals surface area contributed by atoms with Crippen molar-refractivity contribution in [2.45, 2.75) is 32.7 Å². The van der Waals surface area contributed by atoms with Gasteiger partial charge in [0.2, 0.25) is 5.91 Å². The molecule has 0 aromatic heterocycles. The maximum absolute atomic E-state index is 12.3. The summed E-state index contributed by atoms with van der Waals surface area (Å²) in [6.45, 7) is 5.08. The van der Waals surface area contributed by atoms with Gasteiger partial charge in [-0.25, -0.2) is 0 Å². The van der Waals surface area contributed by atoms with Crippen molar-refractivity contribution < 1.29 is 14.3 Å². The van der Waals surface area contributed by atoms with Gasteiger partial charge in [-0.1, -0.05) is 6.92 Å². The van der Waals surface area contributed by atoms with Gasteiger partial charge in [-0.15, -0.1) is 24.0 Å². The van der Waals surface area contributed by atoms with Gasteiger partial charge in [0.1, 0.15) is 11.5 Å². The second kappa shape index (κ2) is 12.7. The molecule has 1 amide bonds. The van der Waals surface area contributed by atoms with E-state index in [4.69, 9.17) is 9.47 Å². The van der Waals surface area contributed by atoms with Crippen LogP contribution in [0.5, 0.6) is 11.5 Å². The molecular formula is C20H33IN4O3. The van der Waals surface area contributed by atoms with E-state index in [9.17, 15) is 4.79 Å². The third-order valence-electron chi connectivity index (χ3n) is 4.81. The molecule has 1 aliphatic rings. The molecule has 1 heterocycles. The number of hydrogen-bond acceptors (Lipinski definition) is 4. The van der Waals surface area contributed by atoms with Crippen molar-refractivity contribution in [1.82, 2.24) is 15.5 Å². The highest BCUT2D eigenvalue weighted by molar-refractivity contribution is 14.0. The molecular weight excluding hydrogens is 471 g/mol. The van der Waals surface area contributed by atoms with E-state index in [1.807, 2.05) is 23.1 Å². The average Bonchev–Trinajstić information content (AvgIpc) is 2.70. The molecule has 2 rings (SSSR count). The van der Waals surface area contributed by atoms with Crippen LogP contribution in [0.3, 0.4) is 0 Å². The van der Waals surface area contributed by atoms with Crippen molar-refractivity contribution in [1.29, 1.82) is 0 Å². The van der Waals surface area contributed by atoms with E-state index in [0.29, 0.717) is 31.4 Å². The quantitative estimate of drug-likeness (QED) is 0.340. The number of methoxy groups -OCH3 is 2. The van der Waals surface area contributed by atoms with Crippen LogP contribution in [0.15, 0.2) is 23.2 Å². The van der Waals surface area contributed by atoms with Crippen LogP contribution in [0.4, 0.5) is 0 Å². The Bertz CT molecular complexity index is 654. The lowest BCUT2D eigenvalue weighted by Gasteiger charge is -2.31. The first kappa shape index (κ1) is 24.3. The minimum Gasteiger partial charge on any atom is -0.497 e. The SMILES string of the molecule is CN=C(NCCC(=O)N1CCCC(C)C1)NCc1ccc(OC)cc1OC.I. The first-order valence-corrected chi connectivity index (χ1v) is 9.50. The minimum atomic E-state index is 0. The molecule has 1 atom stereocenters. The molecule has 1 aliphatic heterocycles. The van der Waals surface area contributed by atoms with Crippen LogP contribution < -0.4 is 20.1 Å². The van der Waals surface area contributed by atoms with Crippen LogP contribution in [0.1, 0.15) is 31.7 Å². The van der Waals surface area contributed by atoms with Gasteiger partial charge in [0.15, 0.2) is 5.96 Å². The van der Waals surface area contributed by atoms with Crippen LogP contribution in [0.2, 0.25) is 0 Å². The number of nitrogens with one attached hydrogen (secondary N) is 2. The first-order chi connectivity index (χ1) is 13.1. The fourth-order valence-corrected chi connectivity index (χ4v) is 3.26. The Hall–Kier alpha value is -1.71. The number of hydrogen-bond donors (Lipinski definition) is 2. The number of benzene rings is 1. The van der Waals surface area contributed by atoms with Crippen LogP contribution in [0.25, 0.3) is 0 Å². The summed E-state index contributed by atoms with van der Waals surface area (Å²) in [4.78, 5) is 18.5. The second-order valence-electron chi connectivity index (χ2n) is 6.87. The molecule has 0 bridgehead atoms. The molecule has 1 aromatic rings. The van der Waals surface area contributed by atoms with Crippen molar-refractivity contribution in [3.8, 4) is 11.5 Å². The number of piperidine rings is 1. The maximum atomic E-state index is 12.3. The third-order valence-corrected chi connectivity index (χ3v) is 4.81. The Morgan fingerprint density at radius 1 is 1.29 bits per heavy atom. The number of ether oxygens (including phenoxy) is 2. The van der Waals surface area contributed by atoms with E-state index in [2.05, 4.69) is 22.5 Å². The molecule has 0 aliphatic carbocycles. The third kappa shape index (κ3) is 7.37. The molecule has 8 heteroatoms. The monoisotopic (exact) mass is 504 g/mol. The molecule has 0 radical (unpaired) electrons. The summed E-state index contributed by atoms with van der Waals surface area (Å²) >= 11 is 0. The Labute approximate surface area is 185 Å². The largest absolute Gasteiger partial charge is 0.497 e. The van der Waals surface area contributed by atoms with Gasteiger partial charge in [0.05, 0.1) is 14.2 Å². The highest BCUT2D eigenvalue weighted by Gasteiger charge is 2.20. The summed E-state index contributed by atoms with van der Waals surface area (Å²) in [5, 5.41) is 6.46. The minimum absolute atomic E-state index is 0. The molecule has 1 unspecified atom stereocenters. The summed E-state index contributed by atoms with van der Waals surface area (Å²) in [6.07, 6.45) is 2.79. The number of rotatable bonds is 7. The average molecular weight is 504 g/mol. The van der Waals surface area contributed by atoms with Crippen molar-refractivity contribution in [2.24, 2.45) is 10.9 Å². The topological polar surface area (TPSA) is 75.2 Å². The Morgan fingerprint density at radius 3 is 2.71 bits per heavy atom. The van der Waals surface area contributed by atoms with Gasteiger partial charge in [0.25, 0.3) is 0 Å². The molecule has 1 saturated heterocycles. The molecule has 0 spiro atoms. The van der Waals surface area contributed by atoms with Crippen molar-refractivity contribution in [3.63, 3.8) is 0 Å². The summed E-state index contributed by atoms with van der Waals surface area (Å²) in [5.41, 5.74) is 1.000. The lowest BCUT2D eigenvalue weighted by molar-refractivity contribution is -0.132. The highest BCUT2D eigenvalue weighted by Crippen LogP contribution is 2.24. The van der Waals surface area contributed by atoms with E-state index >= 15 is 0 Å². The van der Waals surface area contributed by atoms with Gasteiger partial charge >= 0.3 is 0 Å². The van der Waals surface area contributed by atoms with Crippen molar-refractivity contribution in [2.75, 3.05) is 40.9 Å². The molecule has 0 saturated carbocycles. The summed E-state index contributed by atoms with van der Waals surface area (Å²) < 4.78 is 10.6. The number of likely N-dealkylation sites (tertiary alicyclic amines) is 1. The van der Waals surface area contributed by atoms with E-state index in [-0.39, 0.29) is 29.9 Å². The normalized spacial score (nSPS) is 16.8. The summed E-state index contributed by atoms with van der Waals surface area (Å²) in [5.74, 6) is 2.98. The van der Waals surface area contributed by atoms with Crippen LogP contribution in [-0.4, -0.2) is 57.7 Å². The highest BCUT2D eigenvalue weighted by atomic mass is 127. The van der Waals surface area contributed by atoms with Crippen LogP contribution >= 0.6 is 24.0 Å². The standard InChI is InChI=1S/C20H32N4O3.HI/c1-15-6-5-11-24(14-15)19(25)9-10-22-20(21-2)23-13-16-7-8-17(26-3)12-18(16)27-4;/h7-8,12,15H,5-6,9-11,13-14H2,1-4H3,(H2,21,22,23);1H. The van der Waals surface area contributed by atoms with E-state index in [0.717, 1.165) is 36.6 Å². The predicted molar refractivity (Wildman–Crippen MR) is 123 cm³/mol. The molecule has 7 nitrogen and oxygen atoms in total. The zero-order valence-electron chi connectivity index (χ0n) is 17.3. The number of carbonyl (C=O) groups excluding carboxylic acids is 1. The summed E-state index contributed by atoms with van der Waals surface area (Å²) in [7, 11) is 4.98. The van der Waals surface area contributed by atoms with Gasteiger partial charge in [-0.05, 0) is 30.9 Å². The molecule has 2 N–H and O–H groups in total. The number of nitrogens with zero attached hydrogens (tertiary/aromatic N) is 2. The van der Waals surface area contributed by atoms with Gasteiger partial charge in [-0.2, -0.15) is 0 Å². The number of halogens is 1. The number of guanidine groups is 1. The molecule has 1 aromatic carbocycles. The zero-order valence-corrected chi connectivity index (χ0v) is 19.6. The fourth-order valence-electron chi connectivity index (χ4n) is 3.26. The number of aliphatic imine (C=N–C) groups is 1. The number of carbonyl (C=O) groups is 1. The Balaban J connectivity index is 0.00000392. The van der Waals surface area contributed by atoms with Gasteiger partial charge < -0.3 is 25.0 Å². The summed E-state index contributed by atoms with van der Waals surface area (Å²) in [6, 6.07) is 5.71. The Kier molecular flexibility index (Phi) is 11.0. The lowest BCUT2D eigenvalue weighted by atomic mass is 10.00. The second-order valence-corrected chi connectivity index (χ2v) is 6.87. The van der Waals surface area contributed by atoms with E-state index in [1.165, 1.54) is 6.42 Å². The van der Waals surface area contributed by atoms with Gasteiger partial charge in [0, 0.05) is 51.3 Å².